The highest BCUT2D eigenvalue weighted by atomic mass is 35.5. The van der Waals surface area contributed by atoms with Gasteiger partial charge in [-0.05, 0) is 53.9 Å². The fraction of sp³-hybridized carbons (Fsp3) is 0.167. The Labute approximate surface area is 170 Å². The first-order valence-corrected chi connectivity index (χ1v) is 9.71. The van der Waals surface area contributed by atoms with Crippen molar-refractivity contribution in [1.29, 1.82) is 0 Å². The number of aryl methyl sites for hydroxylation is 1. The van der Waals surface area contributed by atoms with Crippen LogP contribution in [0.1, 0.15) is 11.4 Å². The number of halogens is 1. The minimum Gasteiger partial charge on any atom is -0.497 e. The Hall–Kier alpha value is -2.91. The molecule has 8 nitrogen and oxygen atoms in total. The van der Waals surface area contributed by atoms with E-state index in [2.05, 4.69) is 47.9 Å². The second kappa shape index (κ2) is 7.99. The molecule has 0 bridgehead atoms. The fourth-order valence-electron chi connectivity index (χ4n) is 2.75. The molecule has 142 valence electrons. The number of hydrogen-bond acceptors (Lipinski definition) is 7. The number of aromatic amines is 2. The largest absolute Gasteiger partial charge is 0.497 e. The summed E-state index contributed by atoms with van der Waals surface area (Å²) in [6.45, 7) is 2.04. The van der Waals surface area contributed by atoms with Crippen LogP contribution in [0.15, 0.2) is 41.6 Å². The fourth-order valence-corrected chi connectivity index (χ4v) is 3.62. The van der Waals surface area contributed by atoms with Crippen LogP contribution in [0.25, 0.3) is 22.5 Å². The monoisotopic (exact) mass is 413 g/mol. The molecule has 2 aromatic carbocycles. The van der Waals surface area contributed by atoms with Crippen molar-refractivity contribution in [2.45, 2.75) is 17.8 Å². The average molecular weight is 414 g/mol. The number of nitrogens with one attached hydrogen (secondary N) is 2. The maximum Gasteiger partial charge on any atom is 0.209 e. The summed E-state index contributed by atoms with van der Waals surface area (Å²) in [7, 11) is 1.62. The van der Waals surface area contributed by atoms with Gasteiger partial charge in [0, 0.05) is 10.6 Å². The Kier molecular flexibility index (Phi) is 5.27. The Morgan fingerprint density at radius 2 is 1.86 bits per heavy atom. The number of H-pyrrole nitrogens is 2. The summed E-state index contributed by atoms with van der Waals surface area (Å²) in [6.07, 6.45) is 0. The Morgan fingerprint density at radius 3 is 2.64 bits per heavy atom. The standard InChI is InChI=1S/C18H16ClN7OS/c1-10-3-11(12-6-14(19)8-15(7-12)27-2)5-13(4-10)17-20-18(24-23-17)28-9-16-21-25-26-22-16/h3-8H,9H2,1-2H3,(H,20,23,24)(H,21,22,25,26). The van der Waals surface area contributed by atoms with E-state index in [1.807, 2.05) is 25.1 Å². The normalized spacial score (nSPS) is 11.0. The van der Waals surface area contributed by atoms with Gasteiger partial charge in [-0.1, -0.05) is 34.6 Å². The molecule has 0 radical (unpaired) electrons. The van der Waals surface area contributed by atoms with Crippen molar-refractivity contribution >= 4 is 23.4 Å². The Balaban J connectivity index is 1.61. The molecule has 4 rings (SSSR count). The molecule has 0 atom stereocenters. The van der Waals surface area contributed by atoms with Gasteiger partial charge < -0.3 is 4.74 Å². The van der Waals surface area contributed by atoms with Crippen molar-refractivity contribution in [3.8, 4) is 28.3 Å². The number of hydrogen-bond donors (Lipinski definition) is 2. The highest BCUT2D eigenvalue weighted by Gasteiger charge is 2.11. The van der Waals surface area contributed by atoms with Crippen LogP contribution < -0.4 is 4.74 Å². The van der Waals surface area contributed by atoms with Gasteiger partial charge in [-0.15, -0.1) is 15.3 Å². The van der Waals surface area contributed by atoms with Crippen LogP contribution in [0.5, 0.6) is 5.75 Å². The van der Waals surface area contributed by atoms with Gasteiger partial charge in [-0.3, -0.25) is 5.10 Å². The molecule has 0 saturated carbocycles. The van der Waals surface area contributed by atoms with Crippen molar-refractivity contribution < 1.29 is 4.74 Å². The van der Waals surface area contributed by atoms with E-state index < -0.39 is 0 Å². The second-order valence-electron chi connectivity index (χ2n) is 6.05. The molecule has 10 heteroatoms. The number of aromatic nitrogens is 7. The zero-order valence-corrected chi connectivity index (χ0v) is 16.7. The molecule has 2 N–H and O–H groups in total. The average Bonchev–Trinajstić information content (AvgIpc) is 3.37. The molecule has 0 spiro atoms. The van der Waals surface area contributed by atoms with Crippen molar-refractivity contribution in [1.82, 2.24) is 35.8 Å². The highest BCUT2D eigenvalue weighted by molar-refractivity contribution is 7.98. The summed E-state index contributed by atoms with van der Waals surface area (Å²) >= 11 is 7.66. The van der Waals surface area contributed by atoms with Crippen LogP contribution in [-0.2, 0) is 5.75 Å². The molecule has 0 aliphatic carbocycles. The highest BCUT2D eigenvalue weighted by Crippen LogP contribution is 2.32. The Morgan fingerprint density at radius 1 is 1.04 bits per heavy atom. The number of rotatable bonds is 6. The van der Waals surface area contributed by atoms with E-state index in [4.69, 9.17) is 16.3 Å². The van der Waals surface area contributed by atoms with Crippen LogP contribution in [0.2, 0.25) is 5.02 Å². The molecule has 0 aliphatic heterocycles. The van der Waals surface area contributed by atoms with E-state index in [-0.39, 0.29) is 0 Å². The third kappa shape index (κ3) is 4.15. The molecule has 4 aromatic rings. The summed E-state index contributed by atoms with van der Waals surface area (Å²) in [5.74, 6) is 2.54. The molecule has 0 aliphatic rings. The van der Waals surface area contributed by atoms with Gasteiger partial charge in [0.1, 0.15) is 5.75 Å². The van der Waals surface area contributed by atoms with Crippen LogP contribution in [-0.4, -0.2) is 42.9 Å². The van der Waals surface area contributed by atoms with E-state index in [9.17, 15) is 0 Å². The van der Waals surface area contributed by atoms with Gasteiger partial charge in [-0.25, -0.2) is 4.98 Å². The first kappa shape index (κ1) is 18.5. The molecule has 0 amide bonds. The van der Waals surface area contributed by atoms with Gasteiger partial charge in [-0.2, -0.15) is 5.21 Å². The summed E-state index contributed by atoms with van der Waals surface area (Å²) in [5.41, 5.74) is 4.03. The SMILES string of the molecule is COc1cc(Cl)cc(-c2cc(C)cc(-c3nc(SCc4nn[nH]n4)n[nH]3)c2)c1. The molecule has 2 aromatic heterocycles. The van der Waals surface area contributed by atoms with Gasteiger partial charge in [0.05, 0.1) is 12.9 Å². The zero-order valence-electron chi connectivity index (χ0n) is 15.1. The maximum atomic E-state index is 6.23. The van der Waals surface area contributed by atoms with Crippen LogP contribution in [0.3, 0.4) is 0 Å². The molecular weight excluding hydrogens is 398 g/mol. The lowest BCUT2D eigenvalue weighted by Gasteiger charge is -2.09. The van der Waals surface area contributed by atoms with Crippen LogP contribution in [0.4, 0.5) is 0 Å². The minimum atomic E-state index is 0.537. The number of thioether (sulfide) groups is 1. The lowest BCUT2D eigenvalue weighted by molar-refractivity contribution is 0.415. The quantitative estimate of drug-likeness (QED) is 0.461. The number of nitrogens with zero attached hydrogens (tertiary/aromatic N) is 5. The predicted molar refractivity (Wildman–Crippen MR) is 107 cm³/mol. The van der Waals surface area contributed by atoms with Crippen molar-refractivity contribution in [2.75, 3.05) is 7.11 Å². The minimum absolute atomic E-state index is 0.537. The van der Waals surface area contributed by atoms with E-state index in [0.717, 1.165) is 22.3 Å². The first-order chi connectivity index (χ1) is 13.6. The van der Waals surface area contributed by atoms with Gasteiger partial charge in [0.15, 0.2) is 11.6 Å². The van der Waals surface area contributed by atoms with E-state index in [1.54, 1.807) is 13.2 Å². The van der Waals surface area contributed by atoms with Gasteiger partial charge in [0.25, 0.3) is 0 Å². The lowest BCUT2D eigenvalue weighted by atomic mass is 10.00. The van der Waals surface area contributed by atoms with E-state index >= 15 is 0 Å². The predicted octanol–water partition coefficient (Wildman–Crippen LogP) is 3.91. The van der Waals surface area contributed by atoms with Crippen LogP contribution >= 0.6 is 23.4 Å². The number of ether oxygens (including phenoxy) is 1. The molecule has 0 saturated heterocycles. The van der Waals surface area contributed by atoms with Crippen LogP contribution in [0, 0.1) is 6.92 Å². The Bertz CT molecular complexity index is 1100. The zero-order chi connectivity index (χ0) is 19.5. The smallest absolute Gasteiger partial charge is 0.209 e. The summed E-state index contributed by atoms with van der Waals surface area (Å²) in [4.78, 5) is 4.57. The van der Waals surface area contributed by atoms with Gasteiger partial charge in [0.2, 0.25) is 5.16 Å². The van der Waals surface area contributed by atoms with Crippen molar-refractivity contribution in [3.63, 3.8) is 0 Å². The third-order valence-electron chi connectivity index (χ3n) is 3.98. The third-order valence-corrected chi connectivity index (χ3v) is 5.04. The summed E-state index contributed by atoms with van der Waals surface area (Å²) in [6, 6.07) is 11.8. The number of benzene rings is 2. The lowest BCUT2D eigenvalue weighted by Crippen LogP contribution is -1.88. The maximum absolute atomic E-state index is 6.23. The van der Waals surface area contributed by atoms with Gasteiger partial charge >= 0.3 is 0 Å². The molecule has 0 unspecified atom stereocenters. The second-order valence-corrected chi connectivity index (χ2v) is 7.43. The molecular formula is C18H16ClN7OS. The first-order valence-electron chi connectivity index (χ1n) is 8.35. The molecule has 0 fully saturated rings. The molecule has 2 heterocycles. The summed E-state index contributed by atoms with van der Waals surface area (Å²) in [5, 5.41) is 22.3. The topological polar surface area (TPSA) is 105 Å². The summed E-state index contributed by atoms with van der Waals surface area (Å²) < 4.78 is 5.33. The van der Waals surface area contributed by atoms with E-state index in [0.29, 0.717) is 33.3 Å². The van der Waals surface area contributed by atoms with Crippen molar-refractivity contribution in [3.05, 3.63) is 52.8 Å². The van der Waals surface area contributed by atoms with Crippen molar-refractivity contribution in [2.24, 2.45) is 0 Å². The number of methoxy groups -OCH3 is 1. The molecule has 28 heavy (non-hydrogen) atoms. The number of tetrazole rings is 1. The van der Waals surface area contributed by atoms with E-state index in [1.165, 1.54) is 11.8 Å².